The molecule has 1 aromatic carbocycles. The number of halogens is 2. The summed E-state index contributed by atoms with van der Waals surface area (Å²) in [7, 11) is 0.826. The molecule has 0 atom stereocenters. The summed E-state index contributed by atoms with van der Waals surface area (Å²) in [4.78, 5) is 3.58. The minimum absolute atomic E-state index is 0.130. The monoisotopic (exact) mass is 157 g/mol. The summed E-state index contributed by atoms with van der Waals surface area (Å²) in [6, 6.07) is 2.79. The first kappa shape index (κ1) is 8.16. The molecule has 1 rings (SSSR count). The van der Waals surface area contributed by atoms with E-state index in [1.54, 1.807) is 0 Å². The molecule has 5 heteroatoms. The highest BCUT2D eigenvalue weighted by Crippen LogP contribution is 1.98. The predicted molar refractivity (Wildman–Crippen MR) is 35.5 cm³/mol. The van der Waals surface area contributed by atoms with E-state index in [9.17, 15) is 8.78 Å². The van der Waals surface area contributed by atoms with E-state index in [-0.39, 0.29) is 5.46 Å². The van der Waals surface area contributed by atoms with E-state index in [1.807, 2.05) is 0 Å². The van der Waals surface area contributed by atoms with Crippen LogP contribution in [-0.2, 0) is 4.81 Å². The molecule has 0 unspecified atom stereocenters. The van der Waals surface area contributed by atoms with Crippen molar-refractivity contribution in [3.63, 3.8) is 0 Å². The molecule has 0 amide bonds. The van der Waals surface area contributed by atoms with Gasteiger partial charge < -0.3 is 4.81 Å². The zero-order chi connectivity index (χ0) is 8.27. The number of benzene rings is 1. The molecular formula is C6H4BF2O2. The fraction of sp³-hybridized carbons (Fsp3) is 0. The van der Waals surface area contributed by atoms with Gasteiger partial charge >= 0.3 is 7.48 Å². The van der Waals surface area contributed by atoms with Crippen LogP contribution in [0.4, 0.5) is 8.78 Å². The largest absolute Gasteiger partial charge is 0.381 e. The fourth-order valence-corrected chi connectivity index (χ4v) is 0.704. The molecule has 0 saturated carbocycles. The molecule has 0 fully saturated rings. The molecular weight excluding hydrogens is 153 g/mol. The van der Waals surface area contributed by atoms with E-state index in [4.69, 9.17) is 5.26 Å². The summed E-state index contributed by atoms with van der Waals surface area (Å²) in [6.07, 6.45) is 0. The van der Waals surface area contributed by atoms with Gasteiger partial charge in [-0.3, -0.25) is 5.26 Å². The van der Waals surface area contributed by atoms with E-state index in [0.717, 1.165) is 25.7 Å². The van der Waals surface area contributed by atoms with Gasteiger partial charge in [-0.05, 0) is 17.6 Å². The highest BCUT2D eigenvalue weighted by molar-refractivity contribution is 6.46. The van der Waals surface area contributed by atoms with Crippen molar-refractivity contribution in [3.05, 3.63) is 29.8 Å². The Hall–Kier alpha value is -0.935. The Morgan fingerprint density at radius 2 is 1.73 bits per heavy atom. The Labute approximate surface area is 62.6 Å². The topological polar surface area (TPSA) is 29.5 Å². The molecule has 2 nitrogen and oxygen atoms in total. The van der Waals surface area contributed by atoms with E-state index in [1.165, 1.54) is 0 Å². The first-order chi connectivity index (χ1) is 5.22. The van der Waals surface area contributed by atoms with Gasteiger partial charge in [0.2, 0.25) is 0 Å². The van der Waals surface area contributed by atoms with Crippen LogP contribution >= 0.6 is 0 Å². The van der Waals surface area contributed by atoms with E-state index in [2.05, 4.69) is 4.81 Å². The van der Waals surface area contributed by atoms with Crippen molar-refractivity contribution in [1.82, 2.24) is 0 Å². The summed E-state index contributed by atoms with van der Waals surface area (Å²) in [5.74, 6) is -1.43. The first-order valence-corrected chi connectivity index (χ1v) is 2.82. The molecule has 0 spiro atoms. The smallest absolute Gasteiger partial charge is 0.307 e. The minimum atomic E-state index is -0.715. The highest BCUT2D eigenvalue weighted by atomic mass is 19.1. The summed E-state index contributed by atoms with van der Waals surface area (Å²) in [6.45, 7) is 0. The average Bonchev–Trinajstić information content (AvgIpc) is 1.85. The minimum Gasteiger partial charge on any atom is -0.307 e. The zero-order valence-electron chi connectivity index (χ0n) is 5.42. The Morgan fingerprint density at radius 1 is 1.18 bits per heavy atom. The SMILES string of the molecule is OO[B]c1cc(F)cc(F)c1. The van der Waals surface area contributed by atoms with E-state index in [0.29, 0.717) is 0 Å². The van der Waals surface area contributed by atoms with Crippen molar-refractivity contribution < 1.29 is 18.8 Å². The predicted octanol–water partition coefficient (Wildman–Crippen LogP) is 0.699. The second kappa shape index (κ2) is 3.45. The van der Waals surface area contributed by atoms with Gasteiger partial charge in [0, 0.05) is 6.07 Å². The lowest BCUT2D eigenvalue weighted by Crippen LogP contribution is -2.17. The van der Waals surface area contributed by atoms with Crippen LogP contribution in [-0.4, -0.2) is 12.7 Å². The third-order valence-corrected chi connectivity index (χ3v) is 1.07. The van der Waals surface area contributed by atoms with Crippen molar-refractivity contribution in [2.75, 3.05) is 0 Å². The maximum atomic E-state index is 12.4. The normalized spacial score (nSPS) is 9.73. The lowest BCUT2D eigenvalue weighted by molar-refractivity contribution is -0.135. The Balaban J connectivity index is 2.89. The summed E-state index contributed by atoms with van der Waals surface area (Å²) < 4.78 is 24.7. The maximum absolute atomic E-state index is 12.4. The molecule has 0 heterocycles. The van der Waals surface area contributed by atoms with Gasteiger partial charge in [0.25, 0.3) is 0 Å². The second-order valence-corrected chi connectivity index (χ2v) is 1.93. The van der Waals surface area contributed by atoms with Gasteiger partial charge in [0.15, 0.2) is 0 Å². The number of hydrogen-bond acceptors (Lipinski definition) is 2. The molecule has 0 aliphatic carbocycles. The molecule has 1 aromatic rings. The van der Waals surface area contributed by atoms with Gasteiger partial charge in [-0.1, -0.05) is 0 Å². The first-order valence-electron chi connectivity index (χ1n) is 2.82. The average molecular weight is 157 g/mol. The molecule has 1 radical (unpaired) electrons. The molecule has 1 N–H and O–H groups in total. The van der Waals surface area contributed by atoms with Gasteiger partial charge in [-0.2, -0.15) is 0 Å². The molecule has 0 saturated heterocycles. The maximum Gasteiger partial charge on any atom is 0.381 e. The van der Waals surface area contributed by atoms with Gasteiger partial charge in [0.05, 0.1) is 0 Å². The quantitative estimate of drug-likeness (QED) is 0.388. The molecule has 57 valence electrons. The summed E-state index contributed by atoms with van der Waals surface area (Å²) in [5.41, 5.74) is 0.130. The highest BCUT2D eigenvalue weighted by Gasteiger charge is 2.02. The second-order valence-electron chi connectivity index (χ2n) is 1.93. The number of hydrogen-bond donors (Lipinski definition) is 1. The van der Waals surface area contributed by atoms with E-state index >= 15 is 0 Å². The Morgan fingerprint density at radius 3 is 2.18 bits per heavy atom. The standard InChI is InChI=1S/C6H4BF2O2/c8-5-1-4(7-11-10)2-6(9)3-5/h1-3,10H. The summed E-state index contributed by atoms with van der Waals surface area (Å²) >= 11 is 0. The summed E-state index contributed by atoms with van der Waals surface area (Å²) in [5, 5.41) is 7.90. The molecule has 0 aliphatic heterocycles. The van der Waals surface area contributed by atoms with Crippen LogP contribution in [0.2, 0.25) is 0 Å². The van der Waals surface area contributed by atoms with Crippen LogP contribution in [0.5, 0.6) is 0 Å². The van der Waals surface area contributed by atoms with Crippen molar-refractivity contribution >= 4 is 12.9 Å². The molecule has 0 aromatic heterocycles. The Kier molecular flexibility index (Phi) is 2.56. The van der Waals surface area contributed by atoms with Crippen molar-refractivity contribution in [2.24, 2.45) is 0 Å². The van der Waals surface area contributed by atoms with E-state index < -0.39 is 11.6 Å². The fourth-order valence-electron chi connectivity index (χ4n) is 0.704. The van der Waals surface area contributed by atoms with Crippen molar-refractivity contribution in [2.45, 2.75) is 0 Å². The van der Waals surface area contributed by atoms with Gasteiger partial charge in [-0.25, -0.2) is 8.78 Å². The number of rotatable bonds is 2. The third-order valence-electron chi connectivity index (χ3n) is 1.07. The molecule has 0 bridgehead atoms. The Bertz CT molecular complexity index is 234. The van der Waals surface area contributed by atoms with Crippen LogP contribution < -0.4 is 5.46 Å². The van der Waals surface area contributed by atoms with Crippen molar-refractivity contribution in [3.8, 4) is 0 Å². The van der Waals surface area contributed by atoms with Gasteiger partial charge in [-0.15, -0.1) is 0 Å². The van der Waals surface area contributed by atoms with Gasteiger partial charge in [0.1, 0.15) is 11.6 Å². The zero-order valence-corrected chi connectivity index (χ0v) is 5.42. The van der Waals surface area contributed by atoms with Crippen LogP contribution in [0.25, 0.3) is 0 Å². The van der Waals surface area contributed by atoms with Crippen LogP contribution in [0.15, 0.2) is 18.2 Å². The van der Waals surface area contributed by atoms with Crippen molar-refractivity contribution in [1.29, 1.82) is 0 Å². The lowest BCUT2D eigenvalue weighted by atomic mass is 9.89. The third kappa shape index (κ3) is 2.29. The van der Waals surface area contributed by atoms with Crippen LogP contribution in [0.3, 0.4) is 0 Å². The molecule has 0 aliphatic rings. The van der Waals surface area contributed by atoms with Crippen LogP contribution in [0, 0.1) is 11.6 Å². The van der Waals surface area contributed by atoms with Crippen LogP contribution in [0.1, 0.15) is 0 Å². The lowest BCUT2D eigenvalue weighted by Gasteiger charge is -1.95. The molecule has 11 heavy (non-hydrogen) atoms.